The van der Waals surface area contributed by atoms with Crippen molar-refractivity contribution in [2.75, 3.05) is 13.1 Å². The Morgan fingerprint density at radius 2 is 1.85 bits per heavy atom. The van der Waals surface area contributed by atoms with Gasteiger partial charge in [-0.1, -0.05) is 42.5 Å². The Kier molecular flexibility index (Phi) is 5.18. The van der Waals surface area contributed by atoms with Gasteiger partial charge in [-0.05, 0) is 42.0 Å². The average Bonchev–Trinajstić information content (AvgIpc) is 3.47. The molecule has 1 aliphatic carbocycles. The van der Waals surface area contributed by atoms with Gasteiger partial charge in [0.15, 0.2) is 0 Å². The Balaban J connectivity index is 1.48. The summed E-state index contributed by atoms with van der Waals surface area (Å²) in [5, 5.41) is 0. The van der Waals surface area contributed by atoms with Crippen LogP contribution in [0.2, 0.25) is 0 Å². The van der Waals surface area contributed by atoms with Crippen LogP contribution >= 0.6 is 0 Å². The third-order valence-corrected chi connectivity index (χ3v) is 5.05. The maximum atomic E-state index is 12.4. The van der Waals surface area contributed by atoms with Crippen LogP contribution in [0.1, 0.15) is 30.1 Å². The molecular formula is C21H23F2NO2. The second-order valence-electron chi connectivity index (χ2n) is 7.13. The number of halogens is 2. The Labute approximate surface area is 152 Å². The Hall–Kier alpha value is -1.98. The highest BCUT2D eigenvalue weighted by Crippen LogP contribution is 2.39. The molecule has 2 aliphatic rings. The summed E-state index contributed by atoms with van der Waals surface area (Å²) in [4.78, 5) is 2.37. The maximum absolute atomic E-state index is 12.4. The lowest BCUT2D eigenvalue weighted by atomic mass is 10.0. The van der Waals surface area contributed by atoms with Gasteiger partial charge in [0.05, 0.1) is 12.2 Å². The number of rotatable bonds is 6. The van der Waals surface area contributed by atoms with E-state index in [-0.39, 0.29) is 18.0 Å². The molecule has 3 nitrogen and oxygen atoms in total. The molecular weight excluding hydrogens is 336 g/mol. The minimum absolute atomic E-state index is 0.0519. The maximum Gasteiger partial charge on any atom is 0.387 e. The van der Waals surface area contributed by atoms with Crippen molar-refractivity contribution >= 4 is 0 Å². The van der Waals surface area contributed by atoms with E-state index >= 15 is 0 Å². The molecule has 0 bridgehead atoms. The summed E-state index contributed by atoms with van der Waals surface area (Å²) in [5.74, 6) is 0.863. The summed E-state index contributed by atoms with van der Waals surface area (Å²) in [6, 6.07) is 17.3. The van der Waals surface area contributed by atoms with Crippen LogP contribution < -0.4 is 4.74 Å². The zero-order chi connectivity index (χ0) is 17.9. The lowest BCUT2D eigenvalue weighted by molar-refractivity contribution is -0.0986. The average molecular weight is 359 g/mol. The Morgan fingerprint density at radius 3 is 2.58 bits per heavy atom. The first kappa shape index (κ1) is 17.4. The van der Waals surface area contributed by atoms with Gasteiger partial charge in [-0.3, -0.25) is 4.90 Å². The first-order chi connectivity index (χ1) is 12.7. The molecule has 0 aromatic heterocycles. The molecule has 2 fully saturated rings. The van der Waals surface area contributed by atoms with Gasteiger partial charge in [0, 0.05) is 19.6 Å². The summed E-state index contributed by atoms with van der Waals surface area (Å²) < 4.78 is 35.8. The van der Waals surface area contributed by atoms with Crippen LogP contribution in [0.4, 0.5) is 8.78 Å². The molecule has 2 aromatic rings. The molecule has 0 unspecified atom stereocenters. The molecule has 1 saturated carbocycles. The van der Waals surface area contributed by atoms with Crippen molar-refractivity contribution in [3.8, 4) is 5.75 Å². The lowest BCUT2D eigenvalue weighted by Crippen LogP contribution is -2.44. The molecule has 1 saturated heterocycles. The molecule has 0 spiro atoms. The van der Waals surface area contributed by atoms with Crippen LogP contribution in [0.15, 0.2) is 54.6 Å². The van der Waals surface area contributed by atoms with Crippen LogP contribution in [-0.2, 0) is 11.3 Å². The van der Waals surface area contributed by atoms with Crippen molar-refractivity contribution in [3.63, 3.8) is 0 Å². The number of morpholine rings is 1. The van der Waals surface area contributed by atoms with Crippen LogP contribution in [0.3, 0.4) is 0 Å². The van der Waals surface area contributed by atoms with E-state index in [1.807, 2.05) is 24.3 Å². The zero-order valence-electron chi connectivity index (χ0n) is 14.6. The van der Waals surface area contributed by atoms with Crippen molar-refractivity contribution in [2.45, 2.75) is 38.2 Å². The fourth-order valence-electron chi connectivity index (χ4n) is 3.65. The number of hydrogen-bond donors (Lipinski definition) is 0. The van der Waals surface area contributed by atoms with E-state index in [1.54, 1.807) is 18.2 Å². The number of hydrogen-bond acceptors (Lipinski definition) is 3. The first-order valence-corrected chi connectivity index (χ1v) is 9.14. The predicted molar refractivity (Wildman–Crippen MR) is 95.1 cm³/mol. The van der Waals surface area contributed by atoms with E-state index in [0.29, 0.717) is 12.5 Å². The van der Waals surface area contributed by atoms with E-state index in [0.717, 1.165) is 18.7 Å². The van der Waals surface area contributed by atoms with Crippen LogP contribution in [0.5, 0.6) is 5.75 Å². The van der Waals surface area contributed by atoms with Crippen molar-refractivity contribution in [2.24, 2.45) is 5.92 Å². The third kappa shape index (κ3) is 4.40. The number of benzene rings is 2. The van der Waals surface area contributed by atoms with E-state index in [4.69, 9.17) is 4.74 Å². The molecule has 1 heterocycles. The normalized spacial score (nSPS) is 24.0. The predicted octanol–water partition coefficient (Wildman–Crippen LogP) is 4.64. The topological polar surface area (TPSA) is 21.7 Å². The molecule has 1 aliphatic heterocycles. The van der Waals surface area contributed by atoms with Crippen molar-refractivity contribution in [1.29, 1.82) is 0 Å². The summed E-state index contributed by atoms with van der Waals surface area (Å²) in [6.45, 7) is -0.410. The summed E-state index contributed by atoms with van der Waals surface area (Å²) in [5.41, 5.74) is 2.17. The van der Waals surface area contributed by atoms with E-state index in [9.17, 15) is 8.78 Å². The second kappa shape index (κ2) is 7.72. The number of ether oxygens (including phenoxy) is 2. The smallest absolute Gasteiger partial charge is 0.387 e. The van der Waals surface area contributed by atoms with Gasteiger partial charge < -0.3 is 9.47 Å². The van der Waals surface area contributed by atoms with Gasteiger partial charge in [0.1, 0.15) is 5.75 Å². The van der Waals surface area contributed by atoms with Gasteiger partial charge in [0.2, 0.25) is 0 Å². The molecule has 0 N–H and O–H groups in total. The Bertz CT molecular complexity index is 721. The highest BCUT2D eigenvalue weighted by molar-refractivity contribution is 5.28. The van der Waals surface area contributed by atoms with E-state index in [2.05, 4.69) is 21.8 Å². The number of alkyl halides is 2. The van der Waals surface area contributed by atoms with Gasteiger partial charge >= 0.3 is 6.61 Å². The highest BCUT2D eigenvalue weighted by Gasteiger charge is 2.38. The van der Waals surface area contributed by atoms with Crippen molar-refractivity contribution in [3.05, 3.63) is 65.7 Å². The second-order valence-corrected chi connectivity index (χ2v) is 7.13. The molecule has 138 valence electrons. The van der Waals surface area contributed by atoms with Crippen molar-refractivity contribution < 1.29 is 18.3 Å². The lowest BCUT2D eigenvalue weighted by Gasteiger charge is -2.38. The van der Waals surface area contributed by atoms with Crippen LogP contribution in [0, 0.1) is 5.92 Å². The Morgan fingerprint density at radius 1 is 1.04 bits per heavy atom. The molecule has 0 amide bonds. The number of nitrogens with zero attached hydrogens (tertiary/aromatic N) is 1. The zero-order valence-corrected chi connectivity index (χ0v) is 14.6. The summed E-state index contributed by atoms with van der Waals surface area (Å²) in [6.07, 6.45) is 2.76. The SMILES string of the molecule is FC(F)Oc1cccc(CN2C[C@@H](c3ccccc3)O[C@@H](C3CC3)C2)c1. The van der Waals surface area contributed by atoms with Gasteiger partial charge in [0.25, 0.3) is 0 Å². The fraction of sp³-hybridized carbons (Fsp3) is 0.429. The highest BCUT2D eigenvalue weighted by atomic mass is 19.3. The van der Waals surface area contributed by atoms with Gasteiger partial charge in [-0.15, -0.1) is 0 Å². The third-order valence-electron chi connectivity index (χ3n) is 5.05. The standard InChI is InChI=1S/C21H23F2NO2/c22-21(23)25-18-8-4-5-15(11-18)12-24-13-19(16-6-2-1-3-7-16)26-20(14-24)17-9-10-17/h1-8,11,17,19-21H,9-10,12-14H2/t19-,20+/m0/s1. The fourth-order valence-corrected chi connectivity index (χ4v) is 3.65. The van der Waals surface area contributed by atoms with E-state index < -0.39 is 6.61 Å². The van der Waals surface area contributed by atoms with Gasteiger partial charge in [-0.2, -0.15) is 8.78 Å². The summed E-state index contributed by atoms with van der Waals surface area (Å²) in [7, 11) is 0. The largest absolute Gasteiger partial charge is 0.435 e. The first-order valence-electron chi connectivity index (χ1n) is 9.14. The quantitative estimate of drug-likeness (QED) is 0.750. The molecule has 0 radical (unpaired) electrons. The van der Waals surface area contributed by atoms with Crippen LogP contribution in [0.25, 0.3) is 0 Å². The summed E-state index contributed by atoms with van der Waals surface area (Å²) >= 11 is 0. The molecule has 5 heteroatoms. The van der Waals surface area contributed by atoms with E-state index in [1.165, 1.54) is 18.4 Å². The molecule has 2 aromatic carbocycles. The molecule has 26 heavy (non-hydrogen) atoms. The minimum Gasteiger partial charge on any atom is -0.435 e. The van der Waals surface area contributed by atoms with Crippen LogP contribution in [-0.4, -0.2) is 30.7 Å². The molecule has 2 atom stereocenters. The van der Waals surface area contributed by atoms with Gasteiger partial charge in [-0.25, -0.2) is 0 Å². The minimum atomic E-state index is -2.80. The monoisotopic (exact) mass is 359 g/mol. The molecule has 4 rings (SSSR count). The van der Waals surface area contributed by atoms with Crippen molar-refractivity contribution in [1.82, 2.24) is 4.90 Å².